The molecular weight excluding hydrogens is 456 g/mol. The number of carboxylic acid groups (broad SMARTS) is 1. The SMILES string of the molecule is CCCCCCCCCCCCCC(=O)OC(=O)C(N)CCC(=O)O.OCCN(CCO)CCO. The zero-order valence-corrected chi connectivity index (χ0v) is 21.7. The first-order chi connectivity index (χ1) is 16.8. The molecule has 0 aromatic carbocycles. The van der Waals surface area contributed by atoms with E-state index < -0.39 is 23.9 Å². The highest BCUT2D eigenvalue weighted by molar-refractivity contribution is 5.88. The molecule has 1 atom stereocenters. The van der Waals surface area contributed by atoms with Crippen molar-refractivity contribution in [1.82, 2.24) is 4.90 Å². The first-order valence-electron chi connectivity index (χ1n) is 13.1. The first kappa shape index (κ1) is 35.6. The molecule has 0 fully saturated rings. The molecule has 35 heavy (non-hydrogen) atoms. The largest absolute Gasteiger partial charge is 0.481 e. The Hall–Kier alpha value is -1.59. The maximum absolute atomic E-state index is 11.5. The van der Waals surface area contributed by atoms with E-state index in [0.29, 0.717) is 26.1 Å². The van der Waals surface area contributed by atoms with Gasteiger partial charge >= 0.3 is 17.9 Å². The van der Waals surface area contributed by atoms with E-state index >= 15 is 0 Å². The molecule has 10 heteroatoms. The molecule has 6 N–H and O–H groups in total. The Morgan fingerprint density at radius 1 is 0.743 bits per heavy atom. The monoisotopic (exact) mass is 506 g/mol. The Morgan fingerprint density at radius 2 is 1.17 bits per heavy atom. The van der Waals surface area contributed by atoms with Crippen molar-refractivity contribution in [2.45, 2.75) is 103 Å². The number of carboxylic acids is 1. The minimum absolute atomic E-state index is 0.0279. The molecule has 0 aliphatic heterocycles. The van der Waals surface area contributed by atoms with Gasteiger partial charge in [-0.15, -0.1) is 0 Å². The van der Waals surface area contributed by atoms with Gasteiger partial charge < -0.3 is 30.9 Å². The fourth-order valence-electron chi connectivity index (χ4n) is 3.33. The maximum Gasteiger partial charge on any atom is 0.330 e. The van der Waals surface area contributed by atoms with Gasteiger partial charge in [0.15, 0.2) is 0 Å². The van der Waals surface area contributed by atoms with E-state index in [4.69, 9.17) is 26.2 Å². The number of rotatable bonds is 22. The Kier molecular flexibility index (Phi) is 27.4. The molecular formula is C25H50N2O8. The minimum atomic E-state index is -1.06. The molecule has 0 aromatic rings. The zero-order chi connectivity index (χ0) is 26.7. The van der Waals surface area contributed by atoms with Crippen LogP contribution in [-0.2, 0) is 19.1 Å². The number of ether oxygens (including phenoxy) is 1. The quantitative estimate of drug-likeness (QED) is 0.0833. The van der Waals surface area contributed by atoms with Crippen LogP contribution in [0.3, 0.4) is 0 Å². The third-order valence-corrected chi connectivity index (χ3v) is 5.42. The van der Waals surface area contributed by atoms with Gasteiger partial charge in [0.1, 0.15) is 6.04 Å². The number of nitrogens with zero attached hydrogens (tertiary/aromatic N) is 1. The lowest BCUT2D eigenvalue weighted by Gasteiger charge is -2.17. The average Bonchev–Trinajstić information content (AvgIpc) is 2.81. The van der Waals surface area contributed by atoms with Crippen LogP contribution in [-0.4, -0.2) is 88.7 Å². The molecule has 0 rings (SSSR count). The third kappa shape index (κ3) is 26.9. The van der Waals surface area contributed by atoms with E-state index in [2.05, 4.69) is 11.7 Å². The molecule has 0 radical (unpaired) electrons. The van der Waals surface area contributed by atoms with Crippen LogP contribution in [0, 0.1) is 0 Å². The molecule has 0 aliphatic rings. The Bertz CT molecular complexity index is 505. The van der Waals surface area contributed by atoms with Crippen molar-refractivity contribution in [2.24, 2.45) is 5.73 Å². The molecule has 0 aliphatic carbocycles. The van der Waals surface area contributed by atoms with E-state index in [1.807, 2.05) is 0 Å². The summed E-state index contributed by atoms with van der Waals surface area (Å²) in [5.74, 6) is -2.45. The number of esters is 2. The molecule has 0 saturated carbocycles. The number of aliphatic carboxylic acids is 1. The number of carbonyl (C=O) groups is 3. The van der Waals surface area contributed by atoms with Crippen molar-refractivity contribution in [3.8, 4) is 0 Å². The van der Waals surface area contributed by atoms with Crippen molar-refractivity contribution in [3.05, 3.63) is 0 Å². The van der Waals surface area contributed by atoms with Crippen molar-refractivity contribution >= 4 is 17.9 Å². The van der Waals surface area contributed by atoms with Gasteiger partial charge in [0.05, 0.1) is 19.8 Å². The molecule has 0 amide bonds. The van der Waals surface area contributed by atoms with Gasteiger partial charge in [-0.1, -0.05) is 71.1 Å². The first-order valence-corrected chi connectivity index (χ1v) is 13.1. The molecule has 0 heterocycles. The van der Waals surface area contributed by atoms with Gasteiger partial charge in [-0.2, -0.15) is 0 Å². The van der Waals surface area contributed by atoms with E-state index in [1.165, 1.54) is 51.4 Å². The van der Waals surface area contributed by atoms with E-state index in [-0.39, 0.29) is 39.1 Å². The highest BCUT2D eigenvalue weighted by atomic mass is 16.6. The van der Waals surface area contributed by atoms with Crippen LogP contribution in [0.4, 0.5) is 0 Å². The van der Waals surface area contributed by atoms with E-state index in [0.717, 1.165) is 12.8 Å². The van der Waals surface area contributed by atoms with Crippen molar-refractivity contribution in [3.63, 3.8) is 0 Å². The summed E-state index contributed by atoms with van der Waals surface area (Å²) in [6.45, 7) is 3.98. The summed E-state index contributed by atoms with van der Waals surface area (Å²) >= 11 is 0. The lowest BCUT2D eigenvalue weighted by molar-refractivity contribution is -0.160. The van der Waals surface area contributed by atoms with Crippen molar-refractivity contribution < 1.29 is 39.5 Å². The Labute approximate surface area is 210 Å². The Morgan fingerprint density at radius 3 is 1.57 bits per heavy atom. The smallest absolute Gasteiger partial charge is 0.330 e. The van der Waals surface area contributed by atoms with E-state index in [1.54, 1.807) is 4.90 Å². The van der Waals surface area contributed by atoms with Gasteiger partial charge in [-0.25, -0.2) is 4.79 Å². The average molecular weight is 507 g/mol. The topological polar surface area (TPSA) is 171 Å². The zero-order valence-electron chi connectivity index (χ0n) is 21.7. The molecule has 208 valence electrons. The summed E-state index contributed by atoms with van der Waals surface area (Å²) in [7, 11) is 0. The highest BCUT2D eigenvalue weighted by Gasteiger charge is 2.19. The van der Waals surface area contributed by atoms with Gasteiger partial charge in [-0.05, 0) is 12.8 Å². The van der Waals surface area contributed by atoms with Crippen LogP contribution >= 0.6 is 0 Å². The summed E-state index contributed by atoms with van der Waals surface area (Å²) in [5, 5.41) is 34.0. The van der Waals surface area contributed by atoms with Crippen molar-refractivity contribution in [1.29, 1.82) is 0 Å². The highest BCUT2D eigenvalue weighted by Crippen LogP contribution is 2.12. The normalized spacial score (nSPS) is 11.6. The lowest BCUT2D eigenvalue weighted by atomic mass is 10.1. The molecule has 10 nitrogen and oxygen atoms in total. The predicted octanol–water partition coefficient (Wildman–Crippen LogP) is 2.21. The number of nitrogens with two attached hydrogens (primary N) is 1. The maximum atomic E-state index is 11.5. The molecule has 1 unspecified atom stereocenters. The number of hydrogen-bond acceptors (Lipinski definition) is 9. The summed E-state index contributed by atoms with van der Waals surface area (Å²) < 4.78 is 4.64. The second-order valence-electron chi connectivity index (χ2n) is 8.63. The van der Waals surface area contributed by atoms with Crippen LogP contribution < -0.4 is 5.73 Å². The Balaban J connectivity index is 0. The minimum Gasteiger partial charge on any atom is -0.481 e. The lowest BCUT2D eigenvalue weighted by Crippen LogP contribution is -2.34. The summed E-state index contributed by atoms with van der Waals surface area (Å²) in [4.78, 5) is 35.2. The number of hydrogen-bond donors (Lipinski definition) is 5. The van der Waals surface area contributed by atoms with Crippen LogP contribution in [0.5, 0.6) is 0 Å². The molecule has 0 spiro atoms. The second kappa shape index (κ2) is 27.0. The van der Waals surface area contributed by atoms with Gasteiger partial charge in [0.25, 0.3) is 0 Å². The predicted molar refractivity (Wildman–Crippen MR) is 135 cm³/mol. The summed E-state index contributed by atoms with van der Waals surface area (Å²) in [5.41, 5.74) is 5.48. The fourth-order valence-corrected chi connectivity index (χ4v) is 3.33. The molecule has 0 aromatic heterocycles. The third-order valence-electron chi connectivity index (χ3n) is 5.42. The van der Waals surface area contributed by atoms with Crippen molar-refractivity contribution in [2.75, 3.05) is 39.5 Å². The van der Waals surface area contributed by atoms with Crippen LogP contribution in [0.25, 0.3) is 0 Å². The number of aliphatic hydroxyl groups excluding tert-OH is 3. The summed E-state index contributed by atoms with van der Waals surface area (Å²) in [6.07, 6.45) is 13.0. The van der Waals surface area contributed by atoms with Gasteiger partial charge in [-0.3, -0.25) is 14.5 Å². The van der Waals surface area contributed by atoms with Crippen LogP contribution in [0.2, 0.25) is 0 Å². The molecule has 0 bridgehead atoms. The van der Waals surface area contributed by atoms with Crippen LogP contribution in [0.15, 0.2) is 0 Å². The number of unbranched alkanes of at least 4 members (excludes halogenated alkanes) is 10. The molecule has 0 saturated heterocycles. The van der Waals surface area contributed by atoms with Gasteiger partial charge in [0, 0.05) is 32.5 Å². The van der Waals surface area contributed by atoms with Gasteiger partial charge in [0.2, 0.25) is 0 Å². The second-order valence-corrected chi connectivity index (χ2v) is 8.63. The van der Waals surface area contributed by atoms with Crippen LogP contribution in [0.1, 0.15) is 96.8 Å². The van der Waals surface area contributed by atoms with E-state index in [9.17, 15) is 14.4 Å². The summed E-state index contributed by atoms with van der Waals surface area (Å²) in [6, 6.07) is -1.06. The standard InChI is InChI=1S/C19H35NO5.C6H15NO3/c1-2-3-4-5-6-7-8-9-10-11-12-13-18(23)25-19(24)16(20)14-15-17(21)22;8-4-1-7(2-5-9)3-6-10/h16H,2-15,20H2,1H3,(H,21,22);8-10H,1-6H2. The number of aliphatic hydroxyl groups is 3. The number of carbonyl (C=O) groups excluding carboxylic acids is 2. The fraction of sp³-hybridized carbons (Fsp3) is 0.880.